The first kappa shape index (κ1) is 13.5. The number of aromatic nitrogens is 1. The standard InChI is InChI=1S/C13H18BrN3O/c1-17(2)13(6-3-7-13)9-16-12(18)11-5-4-10(14)8-15-11/h4-5,8H,3,6-7,9H2,1-2H3,(H,16,18). The number of amides is 1. The van der Waals surface area contributed by atoms with Crippen LogP contribution in [0.25, 0.3) is 0 Å². The summed E-state index contributed by atoms with van der Waals surface area (Å²) in [5.41, 5.74) is 0.608. The molecule has 0 atom stereocenters. The van der Waals surface area contributed by atoms with Crippen molar-refractivity contribution in [3.63, 3.8) is 0 Å². The van der Waals surface area contributed by atoms with E-state index >= 15 is 0 Å². The third-order valence-electron chi connectivity index (χ3n) is 3.77. The van der Waals surface area contributed by atoms with Crippen molar-refractivity contribution < 1.29 is 4.79 Å². The average Bonchev–Trinajstić information content (AvgIpc) is 2.27. The Labute approximate surface area is 116 Å². The van der Waals surface area contributed by atoms with Crippen LogP contribution in [0.2, 0.25) is 0 Å². The summed E-state index contributed by atoms with van der Waals surface area (Å²) in [6.07, 6.45) is 5.17. The Morgan fingerprint density at radius 3 is 2.67 bits per heavy atom. The third kappa shape index (κ3) is 2.72. The minimum Gasteiger partial charge on any atom is -0.349 e. The van der Waals surface area contributed by atoms with E-state index in [1.165, 1.54) is 6.42 Å². The van der Waals surface area contributed by atoms with Crippen molar-refractivity contribution in [2.75, 3.05) is 20.6 Å². The zero-order valence-corrected chi connectivity index (χ0v) is 12.3. The summed E-state index contributed by atoms with van der Waals surface area (Å²) >= 11 is 3.30. The minimum absolute atomic E-state index is 0.101. The van der Waals surface area contributed by atoms with Crippen molar-refractivity contribution in [3.8, 4) is 0 Å². The number of hydrogen-bond acceptors (Lipinski definition) is 3. The highest BCUT2D eigenvalue weighted by Crippen LogP contribution is 2.35. The van der Waals surface area contributed by atoms with E-state index in [2.05, 4.69) is 45.2 Å². The monoisotopic (exact) mass is 311 g/mol. The Bertz CT molecular complexity index is 426. The summed E-state index contributed by atoms with van der Waals surface area (Å²) in [7, 11) is 4.15. The van der Waals surface area contributed by atoms with Gasteiger partial charge in [-0.05, 0) is 61.4 Å². The maximum absolute atomic E-state index is 12.0. The van der Waals surface area contributed by atoms with E-state index < -0.39 is 0 Å². The predicted octanol–water partition coefficient (Wildman–Crippen LogP) is 2.06. The Morgan fingerprint density at radius 1 is 1.50 bits per heavy atom. The Hall–Kier alpha value is -0.940. The average molecular weight is 312 g/mol. The zero-order chi connectivity index (χ0) is 13.2. The summed E-state index contributed by atoms with van der Waals surface area (Å²) in [5.74, 6) is -0.101. The number of carbonyl (C=O) groups excluding carboxylic acids is 1. The van der Waals surface area contributed by atoms with Gasteiger partial charge in [-0.2, -0.15) is 0 Å². The van der Waals surface area contributed by atoms with E-state index in [9.17, 15) is 4.79 Å². The number of halogens is 1. The fourth-order valence-corrected chi connectivity index (χ4v) is 2.45. The second kappa shape index (κ2) is 5.36. The molecule has 4 nitrogen and oxygen atoms in total. The molecule has 98 valence electrons. The molecule has 0 bridgehead atoms. The first-order valence-electron chi connectivity index (χ1n) is 6.11. The van der Waals surface area contributed by atoms with Crippen LogP contribution in [-0.4, -0.2) is 42.0 Å². The van der Waals surface area contributed by atoms with Crippen molar-refractivity contribution in [3.05, 3.63) is 28.5 Å². The highest BCUT2D eigenvalue weighted by atomic mass is 79.9. The molecule has 18 heavy (non-hydrogen) atoms. The molecule has 1 aliphatic carbocycles. The van der Waals surface area contributed by atoms with Gasteiger partial charge in [0.05, 0.1) is 0 Å². The van der Waals surface area contributed by atoms with Gasteiger partial charge in [0.25, 0.3) is 5.91 Å². The lowest BCUT2D eigenvalue weighted by atomic mass is 9.75. The molecule has 0 aliphatic heterocycles. The van der Waals surface area contributed by atoms with Gasteiger partial charge in [-0.15, -0.1) is 0 Å². The summed E-state index contributed by atoms with van der Waals surface area (Å²) in [6, 6.07) is 3.55. The van der Waals surface area contributed by atoms with Crippen LogP contribution >= 0.6 is 15.9 Å². The highest BCUT2D eigenvalue weighted by molar-refractivity contribution is 9.10. The molecule has 0 radical (unpaired) electrons. The van der Waals surface area contributed by atoms with Crippen LogP contribution in [0.3, 0.4) is 0 Å². The van der Waals surface area contributed by atoms with Crippen LogP contribution in [0.5, 0.6) is 0 Å². The number of hydrogen-bond donors (Lipinski definition) is 1. The predicted molar refractivity (Wildman–Crippen MR) is 74.5 cm³/mol. The van der Waals surface area contributed by atoms with E-state index in [1.807, 2.05) is 6.07 Å². The normalized spacial score (nSPS) is 17.3. The summed E-state index contributed by atoms with van der Waals surface area (Å²) in [4.78, 5) is 18.3. The van der Waals surface area contributed by atoms with Crippen LogP contribution < -0.4 is 5.32 Å². The van der Waals surface area contributed by atoms with Crippen molar-refractivity contribution in [2.24, 2.45) is 0 Å². The number of nitrogens with one attached hydrogen (secondary N) is 1. The first-order chi connectivity index (χ1) is 8.53. The molecule has 0 unspecified atom stereocenters. The second-order valence-electron chi connectivity index (χ2n) is 5.02. The quantitative estimate of drug-likeness (QED) is 0.925. The van der Waals surface area contributed by atoms with E-state index in [1.54, 1.807) is 12.3 Å². The molecule has 0 spiro atoms. The molecule has 1 aliphatic rings. The Kier molecular flexibility index (Phi) is 4.02. The largest absolute Gasteiger partial charge is 0.349 e. The molecular formula is C13H18BrN3O. The molecule has 1 aromatic heterocycles. The van der Waals surface area contributed by atoms with Crippen molar-refractivity contribution in [1.29, 1.82) is 0 Å². The van der Waals surface area contributed by atoms with Gasteiger partial charge in [-0.25, -0.2) is 4.98 Å². The zero-order valence-electron chi connectivity index (χ0n) is 10.7. The summed E-state index contributed by atoms with van der Waals surface area (Å²) < 4.78 is 0.878. The van der Waals surface area contributed by atoms with E-state index in [-0.39, 0.29) is 11.4 Å². The first-order valence-corrected chi connectivity index (χ1v) is 6.90. The molecule has 0 aromatic carbocycles. The number of pyridine rings is 1. The Balaban J connectivity index is 1.94. The smallest absolute Gasteiger partial charge is 0.269 e. The molecule has 0 saturated heterocycles. The fourth-order valence-electron chi connectivity index (χ4n) is 2.21. The van der Waals surface area contributed by atoms with E-state index in [4.69, 9.17) is 0 Å². The molecule has 1 N–H and O–H groups in total. The number of likely N-dealkylation sites (N-methyl/N-ethyl adjacent to an activating group) is 1. The van der Waals surface area contributed by atoms with Crippen LogP contribution in [-0.2, 0) is 0 Å². The van der Waals surface area contributed by atoms with Gasteiger partial charge >= 0.3 is 0 Å². The van der Waals surface area contributed by atoms with Crippen LogP contribution in [0, 0.1) is 0 Å². The van der Waals surface area contributed by atoms with Crippen molar-refractivity contribution >= 4 is 21.8 Å². The van der Waals surface area contributed by atoms with E-state index in [0.717, 1.165) is 17.3 Å². The van der Waals surface area contributed by atoms with Gasteiger partial charge in [0, 0.05) is 22.8 Å². The fraction of sp³-hybridized carbons (Fsp3) is 0.538. The lowest BCUT2D eigenvalue weighted by molar-refractivity contribution is 0.0556. The van der Waals surface area contributed by atoms with Gasteiger partial charge in [0.2, 0.25) is 0 Å². The number of carbonyl (C=O) groups is 1. The molecule has 1 saturated carbocycles. The lowest BCUT2D eigenvalue weighted by Gasteiger charge is -2.47. The SMILES string of the molecule is CN(C)C1(CNC(=O)c2ccc(Br)cn2)CCC1. The van der Waals surface area contributed by atoms with Crippen LogP contribution in [0.15, 0.2) is 22.8 Å². The maximum Gasteiger partial charge on any atom is 0.269 e. The third-order valence-corrected chi connectivity index (χ3v) is 4.24. The van der Waals surface area contributed by atoms with Gasteiger partial charge in [0.1, 0.15) is 5.69 Å². The molecule has 1 heterocycles. The summed E-state index contributed by atoms with van der Waals surface area (Å²) in [6.45, 7) is 0.691. The molecular weight excluding hydrogens is 294 g/mol. The topological polar surface area (TPSA) is 45.2 Å². The number of nitrogens with zero attached hydrogens (tertiary/aromatic N) is 2. The highest BCUT2D eigenvalue weighted by Gasteiger charge is 2.39. The molecule has 1 amide bonds. The molecule has 1 aromatic rings. The summed E-state index contributed by atoms with van der Waals surface area (Å²) in [5, 5.41) is 2.98. The van der Waals surface area contributed by atoms with E-state index in [0.29, 0.717) is 12.2 Å². The molecule has 1 fully saturated rings. The van der Waals surface area contributed by atoms with Crippen LogP contribution in [0.1, 0.15) is 29.8 Å². The van der Waals surface area contributed by atoms with Gasteiger partial charge in [-0.3, -0.25) is 4.79 Å². The van der Waals surface area contributed by atoms with Gasteiger partial charge in [0.15, 0.2) is 0 Å². The maximum atomic E-state index is 12.0. The Morgan fingerprint density at radius 2 is 2.22 bits per heavy atom. The molecule has 5 heteroatoms. The minimum atomic E-state index is -0.101. The molecule has 2 rings (SSSR count). The van der Waals surface area contributed by atoms with Crippen molar-refractivity contribution in [1.82, 2.24) is 15.2 Å². The lowest BCUT2D eigenvalue weighted by Crippen LogP contribution is -2.57. The second-order valence-corrected chi connectivity index (χ2v) is 5.93. The van der Waals surface area contributed by atoms with Gasteiger partial charge < -0.3 is 10.2 Å². The number of rotatable bonds is 4. The van der Waals surface area contributed by atoms with Crippen molar-refractivity contribution in [2.45, 2.75) is 24.8 Å². The van der Waals surface area contributed by atoms with Crippen LogP contribution in [0.4, 0.5) is 0 Å². The van der Waals surface area contributed by atoms with Gasteiger partial charge in [-0.1, -0.05) is 0 Å².